The Morgan fingerprint density at radius 2 is 2.11 bits per heavy atom. The number of ether oxygens (including phenoxy) is 1. The van der Waals surface area contributed by atoms with Crippen LogP contribution in [0.1, 0.15) is 12.5 Å². The number of aromatic nitrogens is 4. The second kappa shape index (κ2) is 5.90. The number of ketones is 1. The average Bonchev–Trinajstić information content (AvgIpc) is 2.84. The molecule has 0 atom stereocenters. The zero-order chi connectivity index (χ0) is 12.8. The average molecular weight is 246 g/mol. The van der Waals surface area contributed by atoms with Crippen LogP contribution < -0.4 is 4.74 Å². The molecule has 6 heteroatoms. The molecule has 0 amide bonds. The molecule has 0 aliphatic heterocycles. The van der Waals surface area contributed by atoms with Crippen molar-refractivity contribution >= 4 is 5.78 Å². The Bertz CT molecular complexity index is 493. The maximum absolute atomic E-state index is 11.7. The van der Waals surface area contributed by atoms with E-state index in [4.69, 9.17) is 4.74 Å². The predicted molar refractivity (Wildman–Crippen MR) is 64.1 cm³/mol. The number of Topliss-reactive ketones (excluding diaryl/α,β-unsaturated/α-hetero) is 1. The Hall–Kier alpha value is -2.24. The molecule has 0 spiro atoms. The van der Waals surface area contributed by atoms with E-state index in [0.717, 1.165) is 11.3 Å². The lowest BCUT2D eigenvalue weighted by atomic mass is 10.1. The van der Waals surface area contributed by atoms with Crippen LogP contribution in [0.2, 0.25) is 0 Å². The third-order valence-electron chi connectivity index (χ3n) is 2.34. The molecule has 0 radical (unpaired) electrons. The van der Waals surface area contributed by atoms with Crippen LogP contribution in [0.15, 0.2) is 30.6 Å². The van der Waals surface area contributed by atoms with Crippen LogP contribution in [-0.4, -0.2) is 32.6 Å². The van der Waals surface area contributed by atoms with Crippen molar-refractivity contribution in [2.45, 2.75) is 19.9 Å². The number of carbonyl (C=O) groups is 1. The zero-order valence-electron chi connectivity index (χ0n) is 10.1. The van der Waals surface area contributed by atoms with Gasteiger partial charge in [-0.25, -0.2) is 0 Å². The largest absolute Gasteiger partial charge is 0.494 e. The predicted octanol–water partition coefficient (Wildman–Crippen LogP) is 0.884. The number of hydrogen-bond acceptors (Lipinski definition) is 5. The Morgan fingerprint density at radius 1 is 1.33 bits per heavy atom. The fourth-order valence-electron chi connectivity index (χ4n) is 1.57. The minimum Gasteiger partial charge on any atom is -0.494 e. The summed E-state index contributed by atoms with van der Waals surface area (Å²) >= 11 is 0. The van der Waals surface area contributed by atoms with E-state index in [1.807, 2.05) is 31.2 Å². The standard InChI is InChI=1S/C12H14N4O2/c1-2-18-12-5-3-10(4-6-12)7-11(17)8-16-14-9-13-15-16/h3-6,9H,2,7-8H2,1H3. The number of hydrogen-bond donors (Lipinski definition) is 0. The van der Waals surface area contributed by atoms with E-state index in [0.29, 0.717) is 13.0 Å². The second-order valence-corrected chi connectivity index (χ2v) is 3.76. The Balaban J connectivity index is 1.90. The molecule has 1 heterocycles. The first kappa shape index (κ1) is 12.2. The van der Waals surface area contributed by atoms with E-state index >= 15 is 0 Å². The van der Waals surface area contributed by atoms with Crippen LogP contribution in [-0.2, 0) is 17.8 Å². The Kier molecular flexibility index (Phi) is 4.01. The molecule has 0 saturated carbocycles. The summed E-state index contributed by atoms with van der Waals surface area (Å²) in [5, 5.41) is 11.0. The first-order valence-corrected chi connectivity index (χ1v) is 5.72. The highest BCUT2D eigenvalue weighted by Gasteiger charge is 2.06. The van der Waals surface area contributed by atoms with Crippen molar-refractivity contribution in [3.8, 4) is 5.75 Å². The van der Waals surface area contributed by atoms with Crippen LogP contribution in [0.25, 0.3) is 0 Å². The van der Waals surface area contributed by atoms with Gasteiger partial charge in [-0.05, 0) is 29.8 Å². The van der Waals surface area contributed by atoms with Gasteiger partial charge in [0.1, 0.15) is 12.3 Å². The monoisotopic (exact) mass is 246 g/mol. The topological polar surface area (TPSA) is 69.9 Å². The van der Waals surface area contributed by atoms with E-state index in [1.54, 1.807) is 0 Å². The van der Waals surface area contributed by atoms with Crippen LogP contribution in [0.5, 0.6) is 5.75 Å². The third-order valence-corrected chi connectivity index (χ3v) is 2.34. The lowest BCUT2D eigenvalue weighted by Crippen LogP contribution is -2.14. The highest BCUT2D eigenvalue weighted by atomic mass is 16.5. The summed E-state index contributed by atoms with van der Waals surface area (Å²) < 4.78 is 5.33. The Morgan fingerprint density at radius 3 is 2.72 bits per heavy atom. The molecule has 2 aromatic rings. The van der Waals surface area contributed by atoms with Crippen LogP contribution in [0, 0.1) is 0 Å². The van der Waals surface area contributed by atoms with Crippen LogP contribution >= 0.6 is 0 Å². The molecular formula is C12H14N4O2. The lowest BCUT2D eigenvalue weighted by Gasteiger charge is -2.04. The van der Waals surface area contributed by atoms with Gasteiger partial charge >= 0.3 is 0 Å². The molecule has 0 aliphatic rings. The van der Waals surface area contributed by atoms with Gasteiger partial charge in [0.05, 0.1) is 6.61 Å². The minimum atomic E-state index is 0.0390. The van der Waals surface area contributed by atoms with Gasteiger partial charge in [0.2, 0.25) is 0 Å². The molecule has 2 rings (SSSR count). The molecule has 0 unspecified atom stereocenters. The van der Waals surface area contributed by atoms with Crippen molar-refractivity contribution in [1.29, 1.82) is 0 Å². The summed E-state index contributed by atoms with van der Waals surface area (Å²) in [7, 11) is 0. The van der Waals surface area contributed by atoms with Crippen molar-refractivity contribution in [3.63, 3.8) is 0 Å². The summed E-state index contributed by atoms with van der Waals surface area (Å²) in [6.07, 6.45) is 1.66. The normalized spacial score (nSPS) is 10.3. The number of tetrazole rings is 1. The smallest absolute Gasteiger partial charge is 0.162 e. The van der Waals surface area contributed by atoms with Gasteiger partial charge in [0.15, 0.2) is 12.1 Å². The summed E-state index contributed by atoms with van der Waals surface area (Å²) in [4.78, 5) is 13.0. The highest BCUT2D eigenvalue weighted by Crippen LogP contribution is 2.12. The fraction of sp³-hybridized carbons (Fsp3) is 0.333. The molecule has 1 aromatic heterocycles. The van der Waals surface area contributed by atoms with E-state index in [9.17, 15) is 4.79 Å². The Labute approximate surface area is 105 Å². The quantitative estimate of drug-likeness (QED) is 0.756. The van der Waals surface area contributed by atoms with Gasteiger partial charge in [-0.15, -0.1) is 10.2 Å². The van der Waals surface area contributed by atoms with Crippen LogP contribution in [0.4, 0.5) is 0 Å². The zero-order valence-corrected chi connectivity index (χ0v) is 10.1. The van der Waals surface area contributed by atoms with Gasteiger partial charge < -0.3 is 4.74 Å². The van der Waals surface area contributed by atoms with Crippen LogP contribution in [0.3, 0.4) is 0 Å². The van der Waals surface area contributed by atoms with E-state index in [1.165, 1.54) is 11.1 Å². The molecule has 0 N–H and O–H groups in total. The van der Waals surface area contributed by atoms with Crippen molar-refractivity contribution in [1.82, 2.24) is 20.2 Å². The van der Waals surface area contributed by atoms with Gasteiger partial charge in [-0.1, -0.05) is 12.1 Å². The third kappa shape index (κ3) is 3.38. The molecule has 0 aliphatic carbocycles. The molecule has 0 bridgehead atoms. The molecule has 0 fully saturated rings. The number of rotatable bonds is 6. The van der Waals surface area contributed by atoms with Gasteiger partial charge in [0, 0.05) is 6.42 Å². The second-order valence-electron chi connectivity index (χ2n) is 3.76. The van der Waals surface area contributed by atoms with Gasteiger partial charge in [-0.3, -0.25) is 4.79 Å². The number of nitrogens with zero attached hydrogens (tertiary/aromatic N) is 4. The van der Waals surface area contributed by atoms with E-state index in [2.05, 4.69) is 15.4 Å². The highest BCUT2D eigenvalue weighted by molar-refractivity contribution is 5.80. The molecule has 18 heavy (non-hydrogen) atoms. The fourth-order valence-corrected chi connectivity index (χ4v) is 1.57. The molecule has 0 saturated heterocycles. The van der Waals surface area contributed by atoms with Crippen molar-refractivity contribution < 1.29 is 9.53 Å². The van der Waals surface area contributed by atoms with E-state index in [-0.39, 0.29) is 12.3 Å². The number of carbonyl (C=O) groups excluding carboxylic acids is 1. The molecule has 1 aromatic carbocycles. The maximum Gasteiger partial charge on any atom is 0.162 e. The van der Waals surface area contributed by atoms with Gasteiger partial charge in [0.25, 0.3) is 0 Å². The lowest BCUT2D eigenvalue weighted by molar-refractivity contribution is -0.119. The number of benzene rings is 1. The molecule has 94 valence electrons. The van der Waals surface area contributed by atoms with Crippen molar-refractivity contribution in [3.05, 3.63) is 36.2 Å². The maximum atomic E-state index is 11.7. The summed E-state index contributed by atoms with van der Waals surface area (Å²) in [5.41, 5.74) is 0.948. The van der Waals surface area contributed by atoms with Crippen molar-refractivity contribution in [2.24, 2.45) is 0 Å². The first-order chi connectivity index (χ1) is 8.78. The molecule has 6 nitrogen and oxygen atoms in total. The summed E-state index contributed by atoms with van der Waals surface area (Å²) in [6.45, 7) is 2.71. The minimum absolute atomic E-state index is 0.0390. The van der Waals surface area contributed by atoms with Crippen molar-refractivity contribution in [2.75, 3.05) is 6.61 Å². The van der Waals surface area contributed by atoms with E-state index < -0.39 is 0 Å². The van der Waals surface area contributed by atoms with Gasteiger partial charge in [-0.2, -0.15) is 4.80 Å². The first-order valence-electron chi connectivity index (χ1n) is 5.72. The summed E-state index contributed by atoms with van der Waals surface area (Å²) in [6, 6.07) is 7.50. The SMILES string of the molecule is CCOc1ccc(CC(=O)Cn2ncnn2)cc1. The molecular weight excluding hydrogens is 232 g/mol. The summed E-state index contributed by atoms with van der Waals surface area (Å²) in [5.74, 6) is 0.851.